The molecule has 2 aliphatic rings. The Kier molecular flexibility index (Phi) is 2.98. The lowest BCUT2D eigenvalue weighted by Gasteiger charge is -2.29. The quantitative estimate of drug-likeness (QED) is 0.797. The number of benzene rings is 1. The Morgan fingerprint density at radius 2 is 2.12 bits per heavy atom. The average Bonchev–Trinajstić information content (AvgIpc) is 2.33. The van der Waals surface area contributed by atoms with E-state index in [1.807, 2.05) is 18.2 Å². The summed E-state index contributed by atoms with van der Waals surface area (Å²) in [7, 11) is 0. The van der Waals surface area contributed by atoms with E-state index in [9.17, 15) is 4.79 Å². The van der Waals surface area contributed by atoms with Crippen molar-refractivity contribution in [2.24, 2.45) is 5.92 Å². The Bertz CT molecular complexity index is 421. The van der Waals surface area contributed by atoms with Gasteiger partial charge in [0.15, 0.2) is 5.78 Å². The molecular formula is C15H18O2. The van der Waals surface area contributed by atoms with Gasteiger partial charge in [-0.3, -0.25) is 4.79 Å². The van der Waals surface area contributed by atoms with Crippen LogP contribution < -0.4 is 0 Å². The topological polar surface area (TPSA) is 26.3 Å². The van der Waals surface area contributed by atoms with Crippen LogP contribution in [0.25, 0.3) is 0 Å². The van der Waals surface area contributed by atoms with Gasteiger partial charge in [0.25, 0.3) is 0 Å². The van der Waals surface area contributed by atoms with E-state index in [0.29, 0.717) is 18.9 Å². The highest BCUT2D eigenvalue weighted by Gasteiger charge is 2.30. The molecule has 1 saturated carbocycles. The normalized spacial score (nSPS) is 23.9. The van der Waals surface area contributed by atoms with Crippen LogP contribution in [0.2, 0.25) is 0 Å². The standard InChI is InChI=1S/C15H18O2/c16-14(10-11-4-3-5-11)15-13-7-2-1-6-12(13)8-9-17-15/h1-2,6-7,11,15H,3-5,8-10H2. The summed E-state index contributed by atoms with van der Waals surface area (Å²) in [5.41, 5.74) is 2.38. The van der Waals surface area contributed by atoms with Crippen molar-refractivity contribution in [3.63, 3.8) is 0 Å². The molecule has 0 bridgehead atoms. The van der Waals surface area contributed by atoms with E-state index in [4.69, 9.17) is 4.74 Å². The summed E-state index contributed by atoms with van der Waals surface area (Å²) in [6.45, 7) is 0.679. The highest BCUT2D eigenvalue weighted by molar-refractivity contribution is 5.85. The van der Waals surface area contributed by atoms with Crippen LogP contribution in [0.1, 0.15) is 42.9 Å². The Balaban J connectivity index is 1.77. The third-order valence-electron chi connectivity index (χ3n) is 4.00. The second-order valence-electron chi connectivity index (χ2n) is 5.17. The maximum Gasteiger partial charge on any atom is 0.166 e. The molecule has 0 amide bonds. The van der Waals surface area contributed by atoms with E-state index >= 15 is 0 Å². The van der Waals surface area contributed by atoms with E-state index in [1.54, 1.807) is 0 Å². The fourth-order valence-electron chi connectivity index (χ4n) is 2.75. The molecular weight excluding hydrogens is 212 g/mol. The van der Waals surface area contributed by atoms with Gasteiger partial charge in [0.2, 0.25) is 0 Å². The minimum atomic E-state index is -0.291. The smallest absolute Gasteiger partial charge is 0.166 e. The lowest BCUT2D eigenvalue weighted by Crippen LogP contribution is -2.26. The molecule has 2 heteroatoms. The molecule has 1 heterocycles. The van der Waals surface area contributed by atoms with E-state index in [-0.39, 0.29) is 11.9 Å². The van der Waals surface area contributed by atoms with Crippen LogP contribution in [0.15, 0.2) is 24.3 Å². The second kappa shape index (κ2) is 4.61. The molecule has 0 radical (unpaired) electrons. The van der Waals surface area contributed by atoms with Crippen LogP contribution in [0.4, 0.5) is 0 Å². The van der Waals surface area contributed by atoms with Crippen molar-refractivity contribution in [2.75, 3.05) is 6.61 Å². The summed E-state index contributed by atoms with van der Waals surface area (Å²) in [5.74, 6) is 0.905. The van der Waals surface area contributed by atoms with Crippen LogP contribution in [0, 0.1) is 5.92 Å². The van der Waals surface area contributed by atoms with Crippen molar-refractivity contribution in [3.05, 3.63) is 35.4 Å². The van der Waals surface area contributed by atoms with Crippen molar-refractivity contribution in [1.82, 2.24) is 0 Å². The maximum atomic E-state index is 12.2. The van der Waals surface area contributed by atoms with E-state index < -0.39 is 0 Å². The van der Waals surface area contributed by atoms with E-state index in [2.05, 4.69) is 6.07 Å². The molecule has 1 unspecified atom stereocenters. The first-order valence-corrected chi connectivity index (χ1v) is 6.57. The third kappa shape index (κ3) is 2.14. The van der Waals surface area contributed by atoms with Gasteiger partial charge in [0, 0.05) is 6.42 Å². The van der Waals surface area contributed by atoms with Crippen LogP contribution in [0.5, 0.6) is 0 Å². The van der Waals surface area contributed by atoms with E-state index in [1.165, 1.54) is 24.8 Å². The van der Waals surface area contributed by atoms with Crippen molar-refractivity contribution in [3.8, 4) is 0 Å². The lowest BCUT2D eigenvalue weighted by molar-refractivity contribution is -0.133. The first-order chi connectivity index (χ1) is 8.34. The maximum absolute atomic E-state index is 12.2. The molecule has 1 aliphatic heterocycles. The fraction of sp³-hybridized carbons (Fsp3) is 0.533. The van der Waals surface area contributed by atoms with E-state index in [0.717, 1.165) is 12.0 Å². The van der Waals surface area contributed by atoms with Gasteiger partial charge in [-0.05, 0) is 23.5 Å². The average molecular weight is 230 g/mol. The summed E-state index contributed by atoms with van der Waals surface area (Å²) in [6, 6.07) is 8.19. The van der Waals surface area contributed by atoms with Crippen molar-refractivity contribution < 1.29 is 9.53 Å². The highest BCUT2D eigenvalue weighted by Crippen LogP contribution is 2.34. The van der Waals surface area contributed by atoms with Gasteiger partial charge < -0.3 is 4.74 Å². The fourth-order valence-corrected chi connectivity index (χ4v) is 2.75. The number of rotatable bonds is 3. The SMILES string of the molecule is O=C(CC1CCC1)C1OCCc2ccccc21. The number of carbonyl (C=O) groups is 1. The number of fused-ring (bicyclic) bond motifs is 1. The number of ether oxygens (including phenoxy) is 1. The molecule has 0 aromatic heterocycles. The molecule has 1 fully saturated rings. The number of Topliss-reactive ketones (excluding diaryl/α,β-unsaturated/α-hetero) is 1. The number of hydrogen-bond acceptors (Lipinski definition) is 2. The van der Waals surface area contributed by atoms with Crippen LogP contribution >= 0.6 is 0 Å². The van der Waals surface area contributed by atoms with Crippen molar-refractivity contribution >= 4 is 5.78 Å². The minimum Gasteiger partial charge on any atom is -0.365 e. The van der Waals surface area contributed by atoms with Gasteiger partial charge in [-0.25, -0.2) is 0 Å². The van der Waals surface area contributed by atoms with Gasteiger partial charge in [0.1, 0.15) is 6.10 Å². The zero-order valence-electron chi connectivity index (χ0n) is 10.0. The molecule has 0 spiro atoms. The first-order valence-electron chi connectivity index (χ1n) is 6.57. The molecule has 1 aromatic carbocycles. The van der Waals surface area contributed by atoms with Crippen LogP contribution in [-0.4, -0.2) is 12.4 Å². The monoisotopic (exact) mass is 230 g/mol. The summed E-state index contributed by atoms with van der Waals surface area (Å²) in [4.78, 5) is 12.2. The summed E-state index contributed by atoms with van der Waals surface area (Å²) in [6.07, 6.45) is 5.09. The number of carbonyl (C=O) groups excluding carboxylic acids is 1. The summed E-state index contributed by atoms with van der Waals surface area (Å²) in [5, 5.41) is 0. The predicted octanol–water partition coefficient (Wildman–Crippen LogP) is 3.06. The Labute approximate surface area is 102 Å². The molecule has 90 valence electrons. The van der Waals surface area contributed by atoms with Crippen LogP contribution in [0.3, 0.4) is 0 Å². The highest BCUT2D eigenvalue weighted by atomic mass is 16.5. The summed E-state index contributed by atoms with van der Waals surface area (Å²) < 4.78 is 5.69. The zero-order valence-corrected chi connectivity index (χ0v) is 10.0. The third-order valence-corrected chi connectivity index (χ3v) is 4.00. The predicted molar refractivity (Wildman–Crippen MR) is 65.8 cm³/mol. The molecule has 1 aromatic rings. The van der Waals surface area contributed by atoms with Gasteiger partial charge in [-0.15, -0.1) is 0 Å². The molecule has 1 aliphatic carbocycles. The number of ketones is 1. The molecule has 17 heavy (non-hydrogen) atoms. The minimum absolute atomic E-state index is 0.279. The molecule has 0 N–H and O–H groups in total. The van der Waals surface area contributed by atoms with Gasteiger partial charge in [0.05, 0.1) is 6.61 Å². The Hall–Kier alpha value is -1.15. The first kappa shape index (κ1) is 11.0. The number of hydrogen-bond donors (Lipinski definition) is 0. The summed E-state index contributed by atoms with van der Waals surface area (Å²) >= 11 is 0. The van der Waals surface area contributed by atoms with Crippen LogP contribution in [-0.2, 0) is 16.0 Å². The molecule has 2 nitrogen and oxygen atoms in total. The zero-order chi connectivity index (χ0) is 11.7. The van der Waals surface area contributed by atoms with Gasteiger partial charge in [-0.2, -0.15) is 0 Å². The Morgan fingerprint density at radius 1 is 1.29 bits per heavy atom. The molecule has 3 rings (SSSR count). The Morgan fingerprint density at radius 3 is 2.88 bits per heavy atom. The van der Waals surface area contributed by atoms with Crippen molar-refractivity contribution in [1.29, 1.82) is 0 Å². The van der Waals surface area contributed by atoms with Gasteiger partial charge >= 0.3 is 0 Å². The molecule has 1 atom stereocenters. The van der Waals surface area contributed by atoms with Gasteiger partial charge in [-0.1, -0.05) is 43.5 Å². The molecule has 0 saturated heterocycles. The second-order valence-corrected chi connectivity index (χ2v) is 5.17. The largest absolute Gasteiger partial charge is 0.365 e. The van der Waals surface area contributed by atoms with Crippen molar-refractivity contribution in [2.45, 2.75) is 38.2 Å². The lowest BCUT2D eigenvalue weighted by atomic mass is 9.80.